The second-order valence-electron chi connectivity index (χ2n) is 8.24. The zero-order chi connectivity index (χ0) is 24.6. The summed E-state index contributed by atoms with van der Waals surface area (Å²) in [6.07, 6.45) is 0.818. The molecule has 12 nitrogen and oxygen atoms in total. The van der Waals surface area contributed by atoms with E-state index >= 15 is 0 Å². The number of benzene rings is 1. The summed E-state index contributed by atoms with van der Waals surface area (Å²) >= 11 is 0. The van der Waals surface area contributed by atoms with Gasteiger partial charge < -0.3 is 19.4 Å². The number of nitro groups is 1. The number of hydrogen-bond acceptors (Lipinski definition) is 9. The van der Waals surface area contributed by atoms with Crippen LogP contribution in [0.3, 0.4) is 0 Å². The minimum Gasteiger partial charge on any atom is -0.494 e. The second kappa shape index (κ2) is 8.88. The maximum Gasteiger partial charge on any atom is 0.433 e. The Balaban J connectivity index is 1.68. The van der Waals surface area contributed by atoms with Crippen LogP contribution in [0.4, 0.5) is 5.88 Å². The Labute approximate surface area is 193 Å². The van der Waals surface area contributed by atoms with Crippen molar-refractivity contribution in [3.05, 3.63) is 57.8 Å². The molecule has 2 aromatic rings. The molecule has 0 spiro atoms. The highest BCUT2D eigenvalue weighted by atomic mass is 16.6. The number of amides is 2. The molecule has 180 valence electrons. The number of nitrogens with zero attached hydrogens (tertiary/aromatic N) is 2. The second-order valence-corrected chi connectivity index (χ2v) is 8.24. The smallest absolute Gasteiger partial charge is 0.433 e. The van der Waals surface area contributed by atoms with Crippen molar-refractivity contribution in [1.29, 1.82) is 0 Å². The highest BCUT2D eigenvalue weighted by molar-refractivity contribution is 6.09. The third-order valence-corrected chi connectivity index (χ3v) is 6.23. The number of imide groups is 1. The van der Waals surface area contributed by atoms with Gasteiger partial charge in [0.05, 0.1) is 37.7 Å². The summed E-state index contributed by atoms with van der Waals surface area (Å²) in [7, 11) is 0. The molecular weight excluding hydrogens is 450 g/mol. The number of nitrogens with one attached hydrogen (secondary N) is 1. The van der Waals surface area contributed by atoms with Crippen molar-refractivity contribution in [3.63, 3.8) is 0 Å². The number of carbonyl (C=O) groups is 3. The summed E-state index contributed by atoms with van der Waals surface area (Å²) in [5.41, 5.74) is -1.53. The van der Waals surface area contributed by atoms with Crippen molar-refractivity contribution in [2.24, 2.45) is 11.8 Å². The summed E-state index contributed by atoms with van der Waals surface area (Å²) in [6, 6.07) is 8.21. The highest BCUT2D eigenvalue weighted by Crippen LogP contribution is 2.49. The number of fused-ring (bicyclic) bond motifs is 1. The molecule has 12 heteroatoms. The van der Waals surface area contributed by atoms with Crippen LogP contribution in [0.5, 0.6) is 5.75 Å². The van der Waals surface area contributed by atoms with E-state index in [4.69, 9.17) is 9.15 Å². The topological polar surface area (TPSA) is 172 Å². The van der Waals surface area contributed by atoms with Crippen LogP contribution in [0.25, 0.3) is 0 Å². The van der Waals surface area contributed by atoms with Crippen LogP contribution in [0.1, 0.15) is 30.7 Å². The van der Waals surface area contributed by atoms with E-state index in [1.165, 1.54) is 6.07 Å². The standard InChI is InChI=1S/C22H23N3O9/c1-2-9-33-13-5-3-12(4-6-13)18-16-17(22(11-26,23-18)21(29)30)20(28)24(19(16)27)10-14-7-8-15(34-14)25(31)32/h3-8,16-18,23,26H,2,9-11H2,1H3,(H,29,30). The summed E-state index contributed by atoms with van der Waals surface area (Å²) < 4.78 is 10.6. The monoisotopic (exact) mass is 473 g/mol. The van der Waals surface area contributed by atoms with E-state index in [-0.39, 0.29) is 5.76 Å². The number of carboxylic acids is 1. The number of carbonyl (C=O) groups excluding carboxylic acids is 2. The Kier molecular flexibility index (Phi) is 6.11. The fourth-order valence-corrected chi connectivity index (χ4v) is 4.61. The van der Waals surface area contributed by atoms with Gasteiger partial charge in [0, 0.05) is 6.04 Å². The third kappa shape index (κ3) is 3.70. The largest absolute Gasteiger partial charge is 0.494 e. The summed E-state index contributed by atoms with van der Waals surface area (Å²) in [5.74, 6) is -5.36. The van der Waals surface area contributed by atoms with Crippen LogP contribution in [0.2, 0.25) is 0 Å². The minimum atomic E-state index is -2.08. The van der Waals surface area contributed by atoms with Crippen LogP contribution in [-0.4, -0.2) is 56.6 Å². The minimum absolute atomic E-state index is 0.000215. The lowest BCUT2D eigenvalue weighted by Gasteiger charge is -2.29. The lowest BCUT2D eigenvalue weighted by Crippen LogP contribution is -2.58. The number of rotatable bonds is 9. The van der Waals surface area contributed by atoms with Crippen molar-refractivity contribution in [2.45, 2.75) is 31.5 Å². The van der Waals surface area contributed by atoms with Crippen LogP contribution in [-0.2, 0) is 20.9 Å². The maximum absolute atomic E-state index is 13.4. The number of likely N-dealkylation sites (tertiary alicyclic amines) is 1. The average molecular weight is 473 g/mol. The van der Waals surface area contributed by atoms with Gasteiger partial charge in [0.1, 0.15) is 16.4 Å². The molecule has 4 unspecified atom stereocenters. The molecule has 1 aromatic carbocycles. The Morgan fingerprint density at radius 1 is 1.24 bits per heavy atom. The number of aliphatic hydroxyl groups is 1. The fourth-order valence-electron chi connectivity index (χ4n) is 4.61. The molecule has 34 heavy (non-hydrogen) atoms. The molecule has 0 saturated carbocycles. The van der Waals surface area contributed by atoms with Gasteiger partial charge in [-0.1, -0.05) is 19.1 Å². The first-order chi connectivity index (χ1) is 16.2. The van der Waals surface area contributed by atoms with E-state index in [1.807, 2.05) is 6.92 Å². The molecule has 4 rings (SSSR count). The van der Waals surface area contributed by atoms with E-state index in [1.54, 1.807) is 24.3 Å². The molecule has 4 atom stereocenters. The Morgan fingerprint density at radius 2 is 1.94 bits per heavy atom. The van der Waals surface area contributed by atoms with E-state index in [0.717, 1.165) is 17.4 Å². The molecule has 2 aliphatic rings. The molecule has 0 bridgehead atoms. The lowest BCUT2D eigenvalue weighted by atomic mass is 9.79. The van der Waals surface area contributed by atoms with Gasteiger partial charge in [-0.3, -0.25) is 34.7 Å². The number of carboxylic acid groups (broad SMARTS) is 1. The van der Waals surface area contributed by atoms with Gasteiger partial charge in [0.2, 0.25) is 11.8 Å². The van der Waals surface area contributed by atoms with Gasteiger partial charge in [0.15, 0.2) is 5.54 Å². The zero-order valence-corrected chi connectivity index (χ0v) is 18.2. The van der Waals surface area contributed by atoms with Gasteiger partial charge in [-0.2, -0.15) is 0 Å². The first kappa shape index (κ1) is 23.4. The molecule has 3 N–H and O–H groups in total. The molecule has 2 fully saturated rings. The van der Waals surface area contributed by atoms with E-state index < -0.39 is 65.2 Å². The maximum atomic E-state index is 13.4. The molecule has 2 amide bonds. The Morgan fingerprint density at radius 3 is 2.50 bits per heavy atom. The molecule has 0 radical (unpaired) electrons. The van der Waals surface area contributed by atoms with Gasteiger partial charge in [-0.05, 0) is 30.2 Å². The van der Waals surface area contributed by atoms with Gasteiger partial charge in [-0.15, -0.1) is 0 Å². The van der Waals surface area contributed by atoms with Gasteiger partial charge in [0.25, 0.3) is 0 Å². The first-order valence-electron chi connectivity index (χ1n) is 10.7. The van der Waals surface area contributed by atoms with Crippen molar-refractivity contribution in [3.8, 4) is 5.75 Å². The van der Waals surface area contributed by atoms with E-state index in [9.17, 15) is 34.7 Å². The Hall–Kier alpha value is -3.77. The highest BCUT2D eigenvalue weighted by Gasteiger charge is 2.68. The van der Waals surface area contributed by atoms with Crippen molar-refractivity contribution < 1.29 is 38.7 Å². The van der Waals surface area contributed by atoms with Crippen LogP contribution >= 0.6 is 0 Å². The molecular formula is C22H23N3O9. The number of hydrogen-bond donors (Lipinski definition) is 3. The normalized spacial score (nSPS) is 26.1. The zero-order valence-electron chi connectivity index (χ0n) is 18.2. The van der Waals surface area contributed by atoms with E-state index in [0.29, 0.717) is 17.9 Å². The average Bonchev–Trinajstić information content (AvgIpc) is 3.49. The quantitative estimate of drug-likeness (QED) is 0.273. The lowest BCUT2D eigenvalue weighted by molar-refractivity contribution is -0.402. The number of furan rings is 1. The number of aliphatic hydroxyl groups excluding tert-OH is 1. The SMILES string of the molecule is CCCOc1ccc(C2NC(CO)(C(=O)O)C3C(=O)N(Cc4ccc([N+](=O)[O-])o4)C(=O)C23)cc1. The fraction of sp³-hybridized carbons (Fsp3) is 0.409. The molecule has 2 saturated heterocycles. The first-order valence-corrected chi connectivity index (χ1v) is 10.7. The van der Waals surface area contributed by atoms with Crippen molar-refractivity contribution in [1.82, 2.24) is 10.2 Å². The molecule has 1 aromatic heterocycles. The van der Waals surface area contributed by atoms with Crippen LogP contribution in [0, 0.1) is 22.0 Å². The van der Waals surface area contributed by atoms with Crippen molar-refractivity contribution in [2.75, 3.05) is 13.2 Å². The number of ether oxygens (including phenoxy) is 1. The van der Waals surface area contributed by atoms with Crippen LogP contribution < -0.4 is 10.1 Å². The summed E-state index contributed by atoms with van der Waals surface area (Å²) in [4.78, 5) is 49.8. The van der Waals surface area contributed by atoms with Gasteiger partial charge >= 0.3 is 11.9 Å². The molecule has 3 heterocycles. The van der Waals surface area contributed by atoms with E-state index in [2.05, 4.69) is 5.32 Å². The summed E-state index contributed by atoms with van der Waals surface area (Å²) in [5, 5.41) is 33.7. The molecule has 0 aliphatic carbocycles. The predicted molar refractivity (Wildman–Crippen MR) is 113 cm³/mol. The summed E-state index contributed by atoms with van der Waals surface area (Å²) in [6.45, 7) is 1.17. The van der Waals surface area contributed by atoms with Crippen molar-refractivity contribution >= 4 is 23.7 Å². The molecule has 2 aliphatic heterocycles. The predicted octanol–water partition coefficient (Wildman–Crippen LogP) is 1.24. The van der Waals surface area contributed by atoms with Gasteiger partial charge in [-0.25, -0.2) is 0 Å². The number of aliphatic carboxylic acids is 1. The Bertz CT molecular complexity index is 1130. The van der Waals surface area contributed by atoms with Crippen LogP contribution in [0.15, 0.2) is 40.8 Å². The third-order valence-electron chi connectivity index (χ3n) is 6.23.